The SMILES string of the molecule is CCOC(=O)c1sc(NC(=O)C(C)Oc2ccc(C#N)cc2)cc1C. The highest BCUT2D eigenvalue weighted by Crippen LogP contribution is 2.27. The van der Waals surface area contributed by atoms with Crippen LogP contribution in [-0.2, 0) is 9.53 Å². The number of carbonyl (C=O) groups excluding carboxylic acids is 2. The van der Waals surface area contributed by atoms with Crippen LogP contribution in [0.15, 0.2) is 30.3 Å². The quantitative estimate of drug-likeness (QED) is 0.798. The van der Waals surface area contributed by atoms with Gasteiger partial charge in [0, 0.05) is 0 Å². The summed E-state index contributed by atoms with van der Waals surface area (Å²) in [6.07, 6.45) is -0.735. The van der Waals surface area contributed by atoms with Crippen LogP contribution >= 0.6 is 11.3 Å². The van der Waals surface area contributed by atoms with Gasteiger partial charge in [0.05, 0.1) is 23.2 Å². The van der Waals surface area contributed by atoms with Gasteiger partial charge in [-0.3, -0.25) is 4.79 Å². The molecule has 130 valence electrons. The second-order valence-electron chi connectivity index (χ2n) is 5.23. The number of carbonyl (C=O) groups is 2. The third-order valence-electron chi connectivity index (χ3n) is 3.29. The molecular weight excluding hydrogens is 340 g/mol. The summed E-state index contributed by atoms with van der Waals surface area (Å²) in [5.74, 6) is -0.232. The molecule has 1 unspecified atom stereocenters. The molecule has 0 aliphatic rings. The molecule has 0 aliphatic heterocycles. The molecule has 7 heteroatoms. The van der Waals surface area contributed by atoms with Crippen LogP contribution in [0.5, 0.6) is 5.75 Å². The highest BCUT2D eigenvalue weighted by molar-refractivity contribution is 7.18. The number of benzene rings is 1. The van der Waals surface area contributed by atoms with Crippen LogP contribution in [0.1, 0.15) is 34.6 Å². The molecule has 2 rings (SSSR count). The number of rotatable bonds is 6. The number of aryl methyl sites for hydroxylation is 1. The maximum atomic E-state index is 12.3. The van der Waals surface area contributed by atoms with E-state index in [2.05, 4.69) is 5.32 Å². The van der Waals surface area contributed by atoms with E-state index in [4.69, 9.17) is 14.7 Å². The number of amides is 1. The molecule has 0 fully saturated rings. The molecule has 0 saturated heterocycles. The minimum Gasteiger partial charge on any atom is -0.481 e. The van der Waals surface area contributed by atoms with Gasteiger partial charge >= 0.3 is 5.97 Å². The summed E-state index contributed by atoms with van der Waals surface area (Å²) >= 11 is 1.17. The third kappa shape index (κ3) is 4.81. The van der Waals surface area contributed by atoms with Crippen molar-refractivity contribution in [2.45, 2.75) is 26.9 Å². The summed E-state index contributed by atoms with van der Waals surface area (Å²) in [6.45, 7) is 5.45. The van der Waals surface area contributed by atoms with Crippen molar-refractivity contribution in [2.24, 2.45) is 0 Å². The number of nitrogens with one attached hydrogen (secondary N) is 1. The van der Waals surface area contributed by atoms with E-state index in [1.165, 1.54) is 11.3 Å². The molecule has 1 aromatic carbocycles. The van der Waals surface area contributed by atoms with Crippen molar-refractivity contribution in [1.82, 2.24) is 0 Å². The molecule has 2 aromatic rings. The lowest BCUT2D eigenvalue weighted by molar-refractivity contribution is -0.122. The van der Waals surface area contributed by atoms with Gasteiger partial charge in [0.2, 0.25) is 0 Å². The Balaban J connectivity index is 2.00. The third-order valence-corrected chi connectivity index (χ3v) is 4.42. The summed E-state index contributed by atoms with van der Waals surface area (Å²) in [6, 6.07) is 10.3. The normalized spacial score (nSPS) is 11.3. The van der Waals surface area contributed by atoms with Gasteiger partial charge in [-0.1, -0.05) is 0 Å². The first-order valence-electron chi connectivity index (χ1n) is 7.69. The highest BCUT2D eigenvalue weighted by atomic mass is 32.1. The lowest BCUT2D eigenvalue weighted by atomic mass is 10.2. The van der Waals surface area contributed by atoms with Crippen LogP contribution in [0, 0.1) is 18.3 Å². The van der Waals surface area contributed by atoms with Crippen LogP contribution in [0.25, 0.3) is 0 Å². The molecule has 0 spiro atoms. The van der Waals surface area contributed by atoms with Gasteiger partial charge in [0.1, 0.15) is 10.6 Å². The highest BCUT2D eigenvalue weighted by Gasteiger charge is 2.19. The average molecular weight is 358 g/mol. The zero-order valence-corrected chi connectivity index (χ0v) is 15.0. The first-order chi connectivity index (χ1) is 11.9. The maximum Gasteiger partial charge on any atom is 0.348 e. The lowest BCUT2D eigenvalue weighted by Crippen LogP contribution is -2.29. The first-order valence-corrected chi connectivity index (χ1v) is 8.51. The molecule has 25 heavy (non-hydrogen) atoms. The molecule has 1 N–H and O–H groups in total. The fourth-order valence-electron chi connectivity index (χ4n) is 2.03. The van der Waals surface area contributed by atoms with Crippen molar-refractivity contribution in [1.29, 1.82) is 5.26 Å². The molecule has 1 heterocycles. The Morgan fingerprint density at radius 1 is 1.32 bits per heavy atom. The molecule has 1 amide bonds. The van der Waals surface area contributed by atoms with E-state index >= 15 is 0 Å². The number of thiophene rings is 1. The van der Waals surface area contributed by atoms with Gasteiger partial charge < -0.3 is 14.8 Å². The Bertz CT molecular complexity index is 805. The Morgan fingerprint density at radius 3 is 2.60 bits per heavy atom. The largest absolute Gasteiger partial charge is 0.481 e. The van der Waals surface area contributed by atoms with E-state index in [1.54, 1.807) is 51.1 Å². The Morgan fingerprint density at radius 2 is 2.00 bits per heavy atom. The van der Waals surface area contributed by atoms with Gasteiger partial charge in [-0.15, -0.1) is 11.3 Å². The van der Waals surface area contributed by atoms with Crippen molar-refractivity contribution in [3.05, 3.63) is 46.3 Å². The minimum absolute atomic E-state index is 0.299. The van der Waals surface area contributed by atoms with Crippen molar-refractivity contribution < 1.29 is 19.1 Å². The van der Waals surface area contributed by atoms with Crippen molar-refractivity contribution in [2.75, 3.05) is 11.9 Å². The average Bonchev–Trinajstić information content (AvgIpc) is 2.96. The zero-order valence-electron chi connectivity index (χ0n) is 14.2. The molecule has 0 saturated carbocycles. The number of hydrogen-bond acceptors (Lipinski definition) is 6. The fourth-order valence-corrected chi connectivity index (χ4v) is 3.00. The number of nitriles is 1. The molecule has 0 bridgehead atoms. The molecule has 0 radical (unpaired) electrons. The summed E-state index contributed by atoms with van der Waals surface area (Å²) in [5, 5.41) is 12.1. The van der Waals surface area contributed by atoms with Gasteiger partial charge in [-0.05, 0) is 56.7 Å². The smallest absolute Gasteiger partial charge is 0.348 e. The predicted octanol–water partition coefficient (Wildman–Crippen LogP) is 3.51. The fraction of sp³-hybridized carbons (Fsp3) is 0.278. The second-order valence-corrected chi connectivity index (χ2v) is 6.28. The van der Waals surface area contributed by atoms with Crippen molar-refractivity contribution >= 4 is 28.2 Å². The first kappa shape index (κ1) is 18.5. The molecule has 0 aliphatic carbocycles. The van der Waals surface area contributed by atoms with E-state index < -0.39 is 12.1 Å². The van der Waals surface area contributed by atoms with E-state index in [9.17, 15) is 9.59 Å². The zero-order chi connectivity index (χ0) is 18.4. The Labute approximate surface area is 150 Å². The Kier molecular flexibility index (Phi) is 6.14. The van der Waals surface area contributed by atoms with Crippen LogP contribution < -0.4 is 10.1 Å². The summed E-state index contributed by atoms with van der Waals surface area (Å²) < 4.78 is 10.5. The number of hydrogen-bond donors (Lipinski definition) is 1. The number of esters is 1. The van der Waals surface area contributed by atoms with Crippen molar-refractivity contribution in [3.63, 3.8) is 0 Å². The summed E-state index contributed by atoms with van der Waals surface area (Å²) in [5.41, 5.74) is 1.27. The van der Waals surface area contributed by atoms with E-state index in [1.807, 2.05) is 6.07 Å². The van der Waals surface area contributed by atoms with E-state index in [-0.39, 0.29) is 5.91 Å². The number of anilines is 1. The molecule has 1 aromatic heterocycles. The van der Waals surface area contributed by atoms with Gasteiger partial charge in [-0.2, -0.15) is 5.26 Å². The molecule has 1 atom stereocenters. The number of ether oxygens (including phenoxy) is 2. The molecule has 6 nitrogen and oxygen atoms in total. The second kappa shape index (κ2) is 8.31. The van der Waals surface area contributed by atoms with Crippen molar-refractivity contribution in [3.8, 4) is 11.8 Å². The van der Waals surface area contributed by atoms with Crippen LogP contribution in [0.4, 0.5) is 5.00 Å². The maximum absolute atomic E-state index is 12.3. The minimum atomic E-state index is -0.735. The van der Waals surface area contributed by atoms with Gasteiger partial charge in [0.15, 0.2) is 6.10 Å². The predicted molar refractivity (Wildman–Crippen MR) is 94.9 cm³/mol. The van der Waals surface area contributed by atoms with Crippen LogP contribution in [0.3, 0.4) is 0 Å². The summed E-state index contributed by atoms with van der Waals surface area (Å²) in [4.78, 5) is 24.5. The Hall–Kier alpha value is -2.85. The standard InChI is InChI=1S/C18H18N2O4S/c1-4-23-18(22)16-11(2)9-15(25-16)20-17(21)12(3)24-14-7-5-13(10-19)6-8-14/h5-9,12H,4H2,1-3H3,(H,20,21). The van der Waals surface area contributed by atoms with E-state index in [0.29, 0.717) is 27.8 Å². The van der Waals surface area contributed by atoms with Gasteiger partial charge in [-0.25, -0.2) is 4.79 Å². The number of nitrogens with zero attached hydrogens (tertiary/aromatic N) is 1. The van der Waals surface area contributed by atoms with Crippen LogP contribution in [-0.4, -0.2) is 24.6 Å². The monoisotopic (exact) mass is 358 g/mol. The van der Waals surface area contributed by atoms with E-state index in [0.717, 1.165) is 5.56 Å². The topological polar surface area (TPSA) is 88.4 Å². The lowest BCUT2D eigenvalue weighted by Gasteiger charge is -2.14. The molecular formula is C18H18N2O4S. The van der Waals surface area contributed by atoms with Crippen LogP contribution in [0.2, 0.25) is 0 Å². The van der Waals surface area contributed by atoms with Gasteiger partial charge in [0.25, 0.3) is 5.91 Å². The summed E-state index contributed by atoms with van der Waals surface area (Å²) in [7, 11) is 0.